The minimum absolute atomic E-state index is 0.105. The molecule has 1 aromatic carbocycles. The molecule has 1 aromatic rings. The highest BCUT2D eigenvalue weighted by atomic mass is 35.7. The van der Waals surface area contributed by atoms with E-state index >= 15 is 0 Å². The van der Waals surface area contributed by atoms with Gasteiger partial charge in [0, 0.05) is 10.7 Å². The van der Waals surface area contributed by atoms with Crippen molar-refractivity contribution in [3.63, 3.8) is 0 Å². The molecular weight excluding hydrogens is 280 g/mol. The Morgan fingerprint density at radius 3 is 2.65 bits per heavy atom. The summed E-state index contributed by atoms with van der Waals surface area (Å²) in [4.78, 5) is 0.105. The van der Waals surface area contributed by atoms with Crippen LogP contribution in [0.2, 0.25) is 0 Å². The third kappa shape index (κ3) is 4.77. The van der Waals surface area contributed by atoms with Crippen LogP contribution >= 0.6 is 22.4 Å². The Morgan fingerprint density at radius 2 is 2.12 bits per heavy atom. The standard InChI is InChI=1S/C11H15ClO3S2/c1-9-8-10(17(12,13)14)4-5-11(9)15-6-3-7-16-2/h4-5,8H,3,6-7H2,1-2H3. The monoisotopic (exact) mass is 294 g/mol. The van der Waals surface area contributed by atoms with Gasteiger partial charge in [0.25, 0.3) is 9.05 Å². The second kappa shape index (κ2) is 6.52. The first-order valence-electron chi connectivity index (χ1n) is 5.12. The molecule has 3 nitrogen and oxygen atoms in total. The van der Waals surface area contributed by atoms with Crippen LogP contribution in [0.15, 0.2) is 23.1 Å². The summed E-state index contributed by atoms with van der Waals surface area (Å²) >= 11 is 1.77. The molecule has 0 aromatic heterocycles. The number of rotatable bonds is 6. The maximum absolute atomic E-state index is 11.1. The van der Waals surface area contributed by atoms with Gasteiger partial charge in [-0.1, -0.05) is 0 Å². The van der Waals surface area contributed by atoms with E-state index < -0.39 is 9.05 Å². The molecule has 0 radical (unpaired) electrons. The first-order valence-corrected chi connectivity index (χ1v) is 8.82. The molecule has 6 heteroatoms. The first kappa shape index (κ1) is 14.7. The smallest absolute Gasteiger partial charge is 0.261 e. The van der Waals surface area contributed by atoms with E-state index in [0.29, 0.717) is 12.4 Å². The lowest BCUT2D eigenvalue weighted by Gasteiger charge is -2.09. The molecule has 0 unspecified atom stereocenters. The third-order valence-electron chi connectivity index (χ3n) is 2.18. The van der Waals surface area contributed by atoms with Crippen LogP contribution in [0.4, 0.5) is 0 Å². The Bertz CT molecular complexity index is 472. The van der Waals surface area contributed by atoms with Crippen LogP contribution in [0.3, 0.4) is 0 Å². The molecule has 0 aliphatic rings. The average molecular weight is 295 g/mol. The molecule has 17 heavy (non-hydrogen) atoms. The SMILES string of the molecule is CSCCCOc1ccc(S(=O)(=O)Cl)cc1C. The van der Waals surface area contributed by atoms with Crippen molar-refractivity contribution in [2.75, 3.05) is 18.6 Å². The van der Waals surface area contributed by atoms with E-state index in [9.17, 15) is 8.42 Å². The number of thioether (sulfide) groups is 1. The van der Waals surface area contributed by atoms with Gasteiger partial charge < -0.3 is 4.74 Å². The molecule has 0 fully saturated rings. The van der Waals surface area contributed by atoms with Gasteiger partial charge in [-0.2, -0.15) is 11.8 Å². The fourth-order valence-corrected chi connectivity index (χ4v) is 2.56. The summed E-state index contributed by atoms with van der Waals surface area (Å²) in [6, 6.07) is 4.62. The molecule has 0 heterocycles. The number of hydrogen-bond donors (Lipinski definition) is 0. The maximum atomic E-state index is 11.1. The molecule has 96 valence electrons. The normalized spacial score (nSPS) is 11.5. The largest absolute Gasteiger partial charge is 0.493 e. The summed E-state index contributed by atoms with van der Waals surface area (Å²) in [5.74, 6) is 1.75. The maximum Gasteiger partial charge on any atom is 0.261 e. The fraction of sp³-hybridized carbons (Fsp3) is 0.455. The van der Waals surface area contributed by atoms with Crippen LogP contribution in [0, 0.1) is 6.92 Å². The Kier molecular flexibility index (Phi) is 5.62. The second-order valence-corrected chi connectivity index (χ2v) is 7.11. The molecular formula is C11H15ClO3S2. The Hall–Kier alpha value is -0.390. The van der Waals surface area contributed by atoms with Gasteiger partial charge in [-0.3, -0.25) is 0 Å². The lowest BCUT2D eigenvalue weighted by molar-refractivity contribution is 0.316. The van der Waals surface area contributed by atoms with Gasteiger partial charge in [0.15, 0.2) is 0 Å². The van der Waals surface area contributed by atoms with E-state index in [1.165, 1.54) is 12.1 Å². The molecule has 0 saturated heterocycles. The molecule has 0 spiro atoms. The highest BCUT2D eigenvalue weighted by Gasteiger charge is 2.11. The van der Waals surface area contributed by atoms with Crippen molar-refractivity contribution < 1.29 is 13.2 Å². The van der Waals surface area contributed by atoms with Crippen LogP contribution in [0.25, 0.3) is 0 Å². The predicted octanol–water partition coefficient (Wildman–Crippen LogP) is 3.05. The summed E-state index contributed by atoms with van der Waals surface area (Å²) in [7, 11) is 1.60. The van der Waals surface area contributed by atoms with Crippen molar-refractivity contribution in [2.45, 2.75) is 18.2 Å². The lowest BCUT2D eigenvalue weighted by atomic mass is 10.2. The molecule has 0 aliphatic carbocycles. The van der Waals surface area contributed by atoms with Crippen molar-refractivity contribution in [1.29, 1.82) is 0 Å². The van der Waals surface area contributed by atoms with E-state index in [2.05, 4.69) is 0 Å². The van der Waals surface area contributed by atoms with Gasteiger partial charge in [0.2, 0.25) is 0 Å². The summed E-state index contributed by atoms with van der Waals surface area (Å²) in [5.41, 5.74) is 0.774. The molecule has 0 amide bonds. The van der Waals surface area contributed by atoms with Crippen molar-refractivity contribution in [3.8, 4) is 5.75 Å². The molecule has 0 saturated carbocycles. The number of hydrogen-bond acceptors (Lipinski definition) is 4. The number of aryl methyl sites for hydroxylation is 1. The third-order valence-corrected chi connectivity index (χ3v) is 4.23. The zero-order valence-corrected chi connectivity index (χ0v) is 12.2. The highest BCUT2D eigenvalue weighted by molar-refractivity contribution is 8.13. The van der Waals surface area contributed by atoms with Crippen LogP contribution in [0.1, 0.15) is 12.0 Å². The second-order valence-electron chi connectivity index (χ2n) is 3.56. The molecule has 0 N–H and O–H groups in total. The summed E-state index contributed by atoms with van der Waals surface area (Å²) in [6.07, 6.45) is 3.02. The minimum Gasteiger partial charge on any atom is -0.493 e. The summed E-state index contributed by atoms with van der Waals surface area (Å²) in [5, 5.41) is 0. The average Bonchev–Trinajstić information content (AvgIpc) is 2.24. The molecule has 0 atom stereocenters. The van der Waals surface area contributed by atoms with E-state index in [-0.39, 0.29) is 4.90 Å². The van der Waals surface area contributed by atoms with Crippen molar-refractivity contribution in [3.05, 3.63) is 23.8 Å². The Morgan fingerprint density at radius 1 is 1.41 bits per heavy atom. The predicted molar refractivity (Wildman–Crippen MR) is 72.7 cm³/mol. The van der Waals surface area contributed by atoms with Gasteiger partial charge in [-0.05, 0) is 49.1 Å². The van der Waals surface area contributed by atoms with Crippen LogP contribution < -0.4 is 4.74 Å². The molecule has 0 aliphatic heterocycles. The van der Waals surface area contributed by atoms with Crippen molar-refractivity contribution in [2.24, 2.45) is 0 Å². The Balaban J connectivity index is 2.70. The van der Waals surface area contributed by atoms with Gasteiger partial charge in [0.1, 0.15) is 5.75 Å². The Labute approximate surface area is 111 Å². The molecule has 1 rings (SSSR count). The van der Waals surface area contributed by atoms with E-state index in [1.54, 1.807) is 24.8 Å². The molecule has 0 bridgehead atoms. The van der Waals surface area contributed by atoms with Crippen LogP contribution in [0.5, 0.6) is 5.75 Å². The van der Waals surface area contributed by atoms with Crippen molar-refractivity contribution >= 4 is 31.5 Å². The zero-order chi connectivity index (χ0) is 12.9. The minimum atomic E-state index is -3.66. The highest BCUT2D eigenvalue weighted by Crippen LogP contribution is 2.23. The van der Waals surface area contributed by atoms with Gasteiger partial charge >= 0.3 is 0 Å². The first-order chi connectivity index (χ1) is 7.95. The van der Waals surface area contributed by atoms with E-state index in [1.807, 2.05) is 6.26 Å². The number of benzene rings is 1. The zero-order valence-electron chi connectivity index (χ0n) is 9.77. The van der Waals surface area contributed by atoms with Crippen LogP contribution in [-0.2, 0) is 9.05 Å². The topological polar surface area (TPSA) is 43.4 Å². The fourth-order valence-electron chi connectivity index (χ4n) is 1.32. The van der Waals surface area contributed by atoms with Crippen LogP contribution in [-0.4, -0.2) is 27.0 Å². The van der Waals surface area contributed by atoms with Gasteiger partial charge in [0.05, 0.1) is 11.5 Å². The van der Waals surface area contributed by atoms with Crippen molar-refractivity contribution in [1.82, 2.24) is 0 Å². The summed E-state index contributed by atoms with van der Waals surface area (Å²) < 4.78 is 27.8. The number of ether oxygens (including phenoxy) is 1. The number of halogens is 1. The van der Waals surface area contributed by atoms with E-state index in [4.69, 9.17) is 15.4 Å². The van der Waals surface area contributed by atoms with Gasteiger partial charge in [-0.25, -0.2) is 8.42 Å². The summed E-state index contributed by atoms with van der Waals surface area (Å²) in [6.45, 7) is 2.43. The van der Waals surface area contributed by atoms with E-state index in [0.717, 1.165) is 17.7 Å². The van der Waals surface area contributed by atoms with Gasteiger partial charge in [-0.15, -0.1) is 0 Å². The lowest BCUT2D eigenvalue weighted by Crippen LogP contribution is -2.01. The quantitative estimate of drug-likeness (QED) is 0.597.